The number of carbonyl (C=O) groups is 3. The number of benzene rings is 2. The van der Waals surface area contributed by atoms with Crippen LogP contribution < -0.4 is 0 Å². The smallest absolute Gasteiger partial charge is 0.410 e. The van der Waals surface area contributed by atoms with Crippen LogP contribution in [-0.2, 0) is 27.4 Å². The molecule has 1 aliphatic heterocycles. The van der Waals surface area contributed by atoms with E-state index in [4.69, 9.17) is 9.47 Å². The molecule has 1 aliphatic rings. The molecule has 2 aromatic rings. The van der Waals surface area contributed by atoms with Gasteiger partial charge in [0.2, 0.25) is 0 Å². The zero-order valence-corrected chi connectivity index (χ0v) is 21.8. The molecule has 0 saturated carbocycles. The zero-order valence-electron chi connectivity index (χ0n) is 21.0. The highest BCUT2D eigenvalue weighted by atomic mass is 32.2. The van der Waals surface area contributed by atoms with E-state index >= 15 is 0 Å². The van der Waals surface area contributed by atoms with E-state index in [0.29, 0.717) is 12.8 Å². The van der Waals surface area contributed by atoms with Crippen LogP contribution in [0, 0.1) is 11.6 Å². The summed E-state index contributed by atoms with van der Waals surface area (Å²) in [5.41, 5.74) is 0.758. The highest BCUT2D eigenvalue weighted by Gasteiger charge is 2.39. The van der Waals surface area contributed by atoms with E-state index in [9.17, 15) is 23.2 Å². The number of hydrogen-bond donors (Lipinski definition) is 0. The van der Waals surface area contributed by atoms with Gasteiger partial charge >= 0.3 is 12.2 Å². The molecule has 2 unspecified atom stereocenters. The van der Waals surface area contributed by atoms with Crippen LogP contribution in [0.3, 0.4) is 0 Å². The Morgan fingerprint density at radius 1 is 1.11 bits per heavy atom. The van der Waals surface area contributed by atoms with Gasteiger partial charge in [-0.05, 0) is 36.6 Å². The summed E-state index contributed by atoms with van der Waals surface area (Å²) in [6, 6.07) is 11.6. The molecule has 2 aromatic carbocycles. The Hall–Kier alpha value is -3.14. The predicted octanol–water partition coefficient (Wildman–Crippen LogP) is 5.76. The minimum absolute atomic E-state index is 0.00141. The number of hydrogen-bond acceptors (Lipinski definition) is 6. The first kappa shape index (κ1) is 28.4. The van der Waals surface area contributed by atoms with Crippen molar-refractivity contribution < 1.29 is 32.6 Å². The summed E-state index contributed by atoms with van der Waals surface area (Å²) < 4.78 is 39.2. The largest absolute Gasteiger partial charge is 0.449 e. The molecular formula is C27H32F2N2O5S. The Balaban J connectivity index is 1.80. The number of thioether (sulfide) groups is 1. The molecule has 0 aromatic heterocycles. The fourth-order valence-electron chi connectivity index (χ4n) is 4.12. The van der Waals surface area contributed by atoms with Gasteiger partial charge in [-0.15, -0.1) is 0 Å². The standard InChI is InChI=1S/C27H32F2N2O5S/c1-3-4-12-35-27(34)31-17-24(37-19(2)32)14-23(31)16-30(15-21-13-22(28)10-11-25(21)29)26(33)36-18-20-8-6-5-7-9-20/h5-11,13,23-24H,3-4,12,14-18H2,1-2H3. The molecule has 3 rings (SSSR count). The quantitative estimate of drug-likeness (QED) is 0.361. The van der Waals surface area contributed by atoms with Crippen LogP contribution >= 0.6 is 11.8 Å². The number of ether oxygens (including phenoxy) is 2. The maximum Gasteiger partial charge on any atom is 0.410 e. The van der Waals surface area contributed by atoms with Crippen LogP contribution in [0.2, 0.25) is 0 Å². The third-order valence-corrected chi connectivity index (χ3v) is 6.94. The highest BCUT2D eigenvalue weighted by Crippen LogP contribution is 2.30. The predicted molar refractivity (Wildman–Crippen MR) is 137 cm³/mol. The van der Waals surface area contributed by atoms with Crippen LogP contribution in [0.25, 0.3) is 0 Å². The molecule has 37 heavy (non-hydrogen) atoms. The van der Waals surface area contributed by atoms with Gasteiger partial charge in [-0.25, -0.2) is 18.4 Å². The lowest BCUT2D eigenvalue weighted by molar-refractivity contribution is -0.109. The van der Waals surface area contributed by atoms with Gasteiger partial charge < -0.3 is 19.3 Å². The SMILES string of the molecule is CCCCOC(=O)N1CC(SC(C)=O)CC1CN(Cc1cc(F)ccc1F)C(=O)OCc1ccccc1. The van der Waals surface area contributed by atoms with E-state index in [0.717, 1.165) is 41.9 Å². The summed E-state index contributed by atoms with van der Waals surface area (Å²) in [4.78, 5) is 40.5. The second-order valence-electron chi connectivity index (χ2n) is 8.90. The molecule has 200 valence electrons. The van der Waals surface area contributed by atoms with Crippen molar-refractivity contribution >= 4 is 29.1 Å². The lowest BCUT2D eigenvalue weighted by Crippen LogP contribution is -2.45. The first-order valence-corrected chi connectivity index (χ1v) is 13.1. The van der Waals surface area contributed by atoms with Crippen molar-refractivity contribution in [2.75, 3.05) is 19.7 Å². The summed E-state index contributed by atoms with van der Waals surface area (Å²) in [6.07, 6.45) is 0.752. The number of likely N-dealkylation sites (tertiary alicyclic amines) is 1. The molecule has 10 heteroatoms. The summed E-state index contributed by atoms with van der Waals surface area (Å²) >= 11 is 1.13. The van der Waals surface area contributed by atoms with Crippen LogP contribution in [0.5, 0.6) is 0 Å². The topological polar surface area (TPSA) is 76.2 Å². The third-order valence-electron chi connectivity index (χ3n) is 5.93. The van der Waals surface area contributed by atoms with E-state index in [1.807, 2.05) is 25.1 Å². The molecule has 1 saturated heterocycles. The van der Waals surface area contributed by atoms with Crippen LogP contribution in [0.4, 0.5) is 18.4 Å². The van der Waals surface area contributed by atoms with Crippen molar-refractivity contribution in [2.45, 2.75) is 57.6 Å². The van der Waals surface area contributed by atoms with Gasteiger partial charge in [0.1, 0.15) is 18.2 Å². The van der Waals surface area contributed by atoms with Gasteiger partial charge in [-0.2, -0.15) is 0 Å². The van der Waals surface area contributed by atoms with Gasteiger partial charge in [0.25, 0.3) is 0 Å². The van der Waals surface area contributed by atoms with Crippen LogP contribution in [0.15, 0.2) is 48.5 Å². The molecule has 7 nitrogen and oxygen atoms in total. The van der Waals surface area contributed by atoms with E-state index in [-0.39, 0.29) is 48.8 Å². The van der Waals surface area contributed by atoms with Crippen molar-refractivity contribution in [1.82, 2.24) is 9.80 Å². The molecule has 0 spiro atoms. The average molecular weight is 535 g/mol. The molecule has 0 bridgehead atoms. The monoisotopic (exact) mass is 534 g/mol. The van der Waals surface area contributed by atoms with Gasteiger partial charge in [0.15, 0.2) is 5.12 Å². The molecule has 1 fully saturated rings. The number of nitrogens with zero attached hydrogens (tertiary/aromatic N) is 2. The maximum absolute atomic E-state index is 14.5. The second-order valence-corrected chi connectivity index (χ2v) is 10.4. The molecule has 1 heterocycles. The Bertz CT molecular complexity index is 1070. The number of halogens is 2. The fraction of sp³-hybridized carbons (Fsp3) is 0.444. The first-order chi connectivity index (χ1) is 17.8. The lowest BCUT2D eigenvalue weighted by Gasteiger charge is -2.30. The Kier molecular flexibility index (Phi) is 10.7. The van der Waals surface area contributed by atoms with E-state index in [2.05, 4.69) is 0 Å². The average Bonchev–Trinajstić information content (AvgIpc) is 3.26. The van der Waals surface area contributed by atoms with Crippen molar-refractivity contribution in [1.29, 1.82) is 0 Å². The number of carbonyl (C=O) groups excluding carboxylic acids is 3. The summed E-state index contributed by atoms with van der Waals surface area (Å²) in [5.74, 6) is -1.29. The lowest BCUT2D eigenvalue weighted by atomic mass is 10.1. The maximum atomic E-state index is 14.5. The zero-order chi connectivity index (χ0) is 26.8. The van der Waals surface area contributed by atoms with Crippen LogP contribution in [-0.4, -0.2) is 58.1 Å². The normalized spacial score (nSPS) is 16.9. The van der Waals surface area contributed by atoms with E-state index < -0.39 is 29.9 Å². The Morgan fingerprint density at radius 2 is 1.86 bits per heavy atom. The van der Waals surface area contributed by atoms with Crippen molar-refractivity contribution in [3.05, 3.63) is 71.3 Å². The highest BCUT2D eigenvalue weighted by molar-refractivity contribution is 8.14. The minimum atomic E-state index is -0.727. The minimum Gasteiger partial charge on any atom is -0.449 e. The number of amides is 2. The molecule has 2 amide bonds. The van der Waals surface area contributed by atoms with E-state index in [1.165, 1.54) is 16.7 Å². The third kappa shape index (κ3) is 8.73. The molecule has 0 radical (unpaired) electrons. The second kappa shape index (κ2) is 14.0. The van der Waals surface area contributed by atoms with Crippen molar-refractivity contribution in [3.63, 3.8) is 0 Å². The van der Waals surface area contributed by atoms with Crippen LogP contribution in [0.1, 0.15) is 44.2 Å². The molecule has 0 N–H and O–H groups in total. The first-order valence-electron chi connectivity index (χ1n) is 12.3. The van der Waals surface area contributed by atoms with Gasteiger partial charge in [0, 0.05) is 30.8 Å². The van der Waals surface area contributed by atoms with Gasteiger partial charge in [0.05, 0.1) is 19.2 Å². The molecule has 0 aliphatic carbocycles. The van der Waals surface area contributed by atoms with Crippen molar-refractivity contribution in [2.24, 2.45) is 0 Å². The number of unbranched alkanes of at least 4 members (excludes halogenated alkanes) is 1. The molecule has 2 atom stereocenters. The number of rotatable bonds is 10. The fourth-order valence-corrected chi connectivity index (χ4v) is 5.14. The Morgan fingerprint density at radius 3 is 2.57 bits per heavy atom. The van der Waals surface area contributed by atoms with Gasteiger partial charge in [-0.1, -0.05) is 55.4 Å². The Labute approximate surface area is 220 Å². The van der Waals surface area contributed by atoms with Crippen molar-refractivity contribution in [3.8, 4) is 0 Å². The molecular weight excluding hydrogens is 502 g/mol. The van der Waals surface area contributed by atoms with Gasteiger partial charge in [-0.3, -0.25) is 4.79 Å². The summed E-state index contributed by atoms with van der Waals surface area (Å²) in [5, 5.41) is -0.250. The summed E-state index contributed by atoms with van der Waals surface area (Å²) in [6.45, 7) is 3.73. The van der Waals surface area contributed by atoms with E-state index in [1.54, 1.807) is 12.1 Å². The summed E-state index contributed by atoms with van der Waals surface area (Å²) in [7, 11) is 0.